The third kappa shape index (κ3) is 6.69. The number of hydrogen-bond donors (Lipinski definition) is 3. The van der Waals surface area contributed by atoms with Crippen molar-refractivity contribution < 1.29 is 23.8 Å². The molecule has 1 unspecified atom stereocenters. The highest BCUT2D eigenvalue weighted by Crippen LogP contribution is 2.46. The molecule has 3 N–H and O–H groups in total. The summed E-state index contributed by atoms with van der Waals surface area (Å²) in [6.45, 7) is 4.97. The van der Waals surface area contributed by atoms with Crippen LogP contribution in [0.5, 0.6) is 5.75 Å². The average Bonchev–Trinajstić information content (AvgIpc) is 3.23. The normalized spacial score (nSPS) is 17.0. The van der Waals surface area contributed by atoms with Crippen molar-refractivity contribution >= 4 is 58.5 Å². The number of hydrogen-bond acceptors (Lipinski definition) is 8. The molecule has 0 aliphatic carbocycles. The molecule has 4 rings (SSSR count). The molecule has 2 aromatic carbocycles. The summed E-state index contributed by atoms with van der Waals surface area (Å²) in [6, 6.07) is 13.3. The largest absolute Gasteiger partial charge is 0.483 e. The molecule has 1 saturated heterocycles. The number of carbonyl (C=O) groups excluding carboxylic acids is 1. The van der Waals surface area contributed by atoms with Crippen LogP contribution in [0.25, 0.3) is 10.4 Å². The van der Waals surface area contributed by atoms with E-state index < -0.39 is 5.97 Å². The van der Waals surface area contributed by atoms with Crippen LogP contribution in [-0.4, -0.2) is 53.4 Å². The molecule has 2 heterocycles. The smallest absolute Gasteiger partial charge is 0.349 e. The standard InChI is InChI=1S/C28H31ClFN3O4S2/c1-28(2)15-20(10-11-33(28)38-16-18-7-5-9-21(31-3)23(18)30)32-19-8-4-6-17(14-19)25-22(29)24(37-13-12-34)26(39-25)27(35)36/h4-9,12,14,20,31-32H,10-11,13,15-16H2,1-3H3,(H,35,36). The van der Waals surface area contributed by atoms with E-state index in [2.05, 4.69) is 28.8 Å². The summed E-state index contributed by atoms with van der Waals surface area (Å²) in [5.74, 6) is -0.791. The highest BCUT2D eigenvalue weighted by Gasteiger charge is 2.35. The van der Waals surface area contributed by atoms with E-state index in [1.54, 1.807) is 25.1 Å². The van der Waals surface area contributed by atoms with Crippen LogP contribution >= 0.6 is 34.9 Å². The molecule has 1 atom stereocenters. The van der Waals surface area contributed by atoms with Gasteiger partial charge in [-0.25, -0.2) is 13.5 Å². The molecule has 0 saturated carbocycles. The van der Waals surface area contributed by atoms with Gasteiger partial charge >= 0.3 is 5.97 Å². The first-order valence-electron chi connectivity index (χ1n) is 12.5. The lowest BCUT2D eigenvalue weighted by Gasteiger charge is -2.45. The SMILES string of the molecule is CNc1cccc(CSN2CCC(Nc3cccc(-c4sc(C(=O)O)c(OCC=O)c4Cl)c3)CC2(C)C)c1F. The lowest BCUT2D eigenvalue weighted by atomic mass is 9.89. The van der Waals surface area contributed by atoms with Gasteiger partial charge in [-0.05, 0) is 50.5 Å². The van der Waals surface area contributed by atoms with E-state index in [9.17, 15) is 19.1 Å². The predicted molar refractivity (Wildman–Crippen MR) is 158 cm³/mol. The van der Waals surface area contributed by atoms with Crippen LogP contribution < -0.4 is 15.4 Å². The molecule has 1 aliphatic heterocycles. The van der Waals surface area contributed by atoms with Crippen molar-refractivity contribution in [2.24, 2.45) is 0 Å². The zero-order valence-electron chi connectivity index (χ0n) is 21.9. The summed E-state index contributed by atoms with van der Waals surface area (Å²) in [7, 11) is 1.72. The minimum atomic E-state index is -1.16. The molecule has 11 heteroatoms. The number of nitrogens with one attached hydrogen (secondary N) is 2. The van der Waals surface area contributed by atoms with Gasteiger partial charge in [0.15, 0.2) is 16.9 Å². The van der Waals surface area contributed by atoms with Crippen LogP contribution in [0.3, 0.4) is 0 Å². The number of piperidine rings is 1. The van der Waals surface area contributed by atoms with Gasteiger partial charge in [-0.15, -0.1) is 11.3 Å². The Labute approximate surface area is 240 Å². The van der Waals surface area contributed by atoms with Crippen LogP contribution in [0.1, 0.15) is 41.9 Å². The van der Waals surface area contributed by atoms with Gasteiger partial charge in [0.05, 0.1) is 10.6 Å². The Morgan fingerprint density at radius 3 is 2.79 bits per heavy atom. The number of carboxylic acid groups (broad SMARTS) is 1. The second-order valence-electron chi connectivity index (χ2n) is 9.82. The van der Waals surface area contributed by atoms with Gasteiger partial charge in [-0.2, -0.15) is 0 Å². The van der Waals surface area contributed by atoms with Crippen LogP contribution in [0.15, 0.2) is 42.5 Å². The molecule has 39 heavy (non-hydrogen) atoms. The Bertz CT molecular complexity index is 1350. The Morgan fingerprint density at radius 2 is 2.10 bits per heavy atom. The molecular formula is C28H31ClFN3O4S2. The monoisotopic (exact) mass is 591 g/mol. The zero-order valence-corrected chi connectivity index (χ0v) is 24.3. The van der Waals surface area contributed by atoms with E-state index in [0.29, 0.717) is 28.2 Å². The summed E-state index contributed by atoms with van der Waals surface area (Å²) in [5, 5.41) is 16.3. The number of nitrogens with zero attached hydrogens (tertiary/aromatic N) is 1. The van der Waals surface area contributed by atoms with Gasteiger partial charge in [0.2, 0.25) is 0 Å². The number of thiophene rings is 1. The summed E-state index contributed by atoms with van der Waals surface area (Å²) in [5.41, 5.74) is 2.73. The van der Waals surface area contributed by atoms with Gasteiger partial charge < -0.3 is 20.5 Å². The van der Waals surface area contributed by atoms with Gasteiger partial charge in [0, 0.05) is 42.2 Å². The average molecular weight is 592 g/mol. The molecule has 3 aromatic rings. The molecule has 0 amide bonds. The van der Waals surface area contributed by atoms with E-state index in [4.69, 9.17) is 16.3 Å². The number of aromatic carboxylic acids is 1. The second-order valence-corrected chi connectivity index (χ2v) is 12.2. The molecule has 0 radical (unpaired) electrons. The highest BCUT2D eigenvalue weighted by atomic mass is 35.5. The minimum absolute atomic E-state index is 0.0128. The van der Waals surface area contributed by atoms with E-state index in [1.165, 1.54) is 0 Å². The van der Waals surface area contributed by atoms with Crippen molar-refractivity contribution in [1.29, 1.82) is 0 Å². The van der Waals surface area contributed by atoms with Crippen LogP contribution in [0.2, 0.25) is 5.02 Å². The number of benzene rings is 2. The summed E-state index contributed by atoms with van der Waals surface area (Å²) >= 11 is 9.17. The molecule has 208 valence electrons. The minimum Gasteiger partial charge on any atom is -0.483 e. The van der Waals surface area contributed by atoms with Crippen LogP contribution in [0, 0.1) is 5.82 Å². The zero-order chi connectivity index (χ0) is 28.2. The summed E-state index contributed by atoms with van der Waals surface area (Å²) < 4.78 is 22.3. The third-order valence-electron chi connectivity index (χ3n) is 6.62. The number of carboxylic acids is 1. The number of rotatable bonds is 11. The maximum Gasteiger partial charge on any atom is 0.349 e. The highest BCUT2D eigenvalue weighted by molar-refractivity contribution is 7.96. The number of carbonyl (C=O) groups is 2. The number of aldehydes is 1. The number of halogens is 2. The Balaban J connectivity index is 1.44. The molecular weight excluding hydrogens is 561 g/mol. The Kier molecular flexibility index (Phi) is 9.43. The molecule has 0 spiro atoms. The predicted octanol–water partition coefficient (Wildman–Crippen LogP) is 7.03. The lowest BCUT2D eigenvalue weighted by Crippen LogP contribution is -2.49. The number of anilines is 2. The topological polar surface area (TPSA) is 90.9 Å². The van der Waals surface area contributed by atoms with Crippen molar-refractivity contribution in [2.75, 3.05) is 30.8 Å². The Morgan fingerprint density at radius 1 is 1.33 bits per heavy atom. The van der Waals surface area contributed by atoms with Crippen molar-refractivity contribution in [3.05, 3.63) is 63.7 Å². The van der Waals surface area contributed by atoms with Crippen molar-refractivity contribution in [1.82, 2.24) is 4.31 Å². The first-order chi connectivity index (χ1) is 18.6. The van der Waals surface area contributed by atoms with E-state index in [1.807, 2.05) is 36.4 Å². The van der Waals surface area contributed by atoms with Gasteiger partial charge in [0.1, 0.15) is 17.4 Å². The summed E-state index contributed by atoms with van der Waals surface area (Å²) in [6.07, 6.45) is 2.34. The second kappa shape index (κ2) is 12.6. The molecule has 0 bridgehead atoms. The van der Waals surface area contributed by atoms with Crippen LogP contribution in [-0.2, 0) is 10.5 Å². The number of ether oxygens (including phenoxy) is 1. The van der Waals surface area contributed by atoms with E-state index in [-0.39, 0.29) is 39.7 Å². The van der Waals surface area contributed by atoms with Crippen molar-refractivity contribution in [3.63, 3.8) is 0 Å². The molecule has 1 aliphatic rings. The maximum atomic E-state index is 14.7. The van der Waals surface area contributed by atoms with E-state index in [0.717, 1.165) is 42.0 Å². The molecule has 1 fully saturated rings. The van der Waals surface area contributed by atoms with E-state index >= 15 is 0 Å². The molecule has 7 nitrogen and oxygen atoms in total. The molecule has 1 aromatic heterocycles. The summed E-state index contributed by atoms with van der Waals surface area (Å²) in [4.78, 5) is 23.0. The fourth-order valence-electron chi connectivity index (χ4n) is 4.73. The fourth-order valence-corrected chi connectivity index (χ4v) is 7.31. The maximum absolute atomic E-state index is 14.7. The first-order valence-corrected chi connectivity index (χ1v) is 14.6. The lowest BCUT2D eigenvalue weighted by molar-refractivity contribution is -0.109. The third-order valence-corrected chi connectivity index (χ3v) is 9.73. The van der Waals surface area contributed by atoms with Gasteiger partial charge in [0.25, 0.3) is 0 Å². The van der Waals surface area contributed by atoms with Crippen LogP contribution in [0.4, 0.5) is 15.8 Å². The van der Waals surface area contributed by atoms with Gasteiger partial charge in [-0.3, -0.25) is 4.79 Å². The van der Waals surface area contributed by atoms with Crippen molar-refractivity contribution in [3.8, 4) is 16.2 Å². The fraction of sp³-hybridized carbons (Fsp3) is 0.357. The Hall–Kier alpha value is -2.79. The quantitative estimate of drug-likeness (QED) is 0.162. The van der Waals surface area contributed by atoms with Crippen molar-refractivity contribution in [2.45, 2.75) is 44.0 Å². The first kappa shape index (κ1) is 29.2. The van der Waals surface area contributed by atoms with Gasteiger partial charge in [-0.1, -0.05) is 47.8 Å².